The molecule has 104 valence electrons. The van der Waals surface area contributed by atoms with Crippen LogP contribution in [0.3, 0.4) is 0 Å². The molecule has 0 aromatic rings. The maximum Gasteiger partial charge on any atom is 0.237 e. The summed E-state index contributed by atoms with van der Waals surface area (Å²) in [6.45, 7) is 5.29. The van der Waals surface area contributed by atoms with Gasteiger partial charge in [-0.2, -0.15) is 0 Å². The highest BCUT2D eigenvalue weighted by Gasteiger charge is 2.39. The second kappa shape index (κ2) is 5.57. The fourth-order valence-electron chi connectivity index (χ4n) is 3.48. The highest BCUT2D eigenvalue weighted by Crippen LogP contribution is 2.32. The summed E-state index contributed by atoms with van der Waals surface area (Å²) < 4.78 is 0. The molecule has 0 radical (unpaired) electrons. The van der Waals surface area contributed by atoms with Gasteiger partial charge < -0.3 is 15.7 Å². The van der Waals surface area contributed by atoms with Crippen molar-refractivity contribution in [1.82, 2.24) is 10.6 Å². The average molecular weight is 254 g/mol. The highest BCUT2D eigenvalue weighted by molar-refractivity contribution is 5.83. The van der Waals surface area contributed by atoms with Gasteiger partial charge >= 0.3 is 0 Å². The van der Waals surface area contributed by atoms with E-state index >= 15 is 0 Å². The number of carbonyl (C=O) groups is 1. The minimum atomic E-state index is -0.376. The Hall–Kier alpha value is -0.610. The summed E-state index contributed by atoms with van der Waals surface area (Å²) >= 11 is 0. The molecule has 1 heterocycles. The van der Waals surface area contributed by atoms with Crippen molar-refractivity contribution in [3.05, 3.63) is 0 Å². The van der Waals surface area contributed by atoms with E-state index in [0.29, 0.717) is 11.8 Å². The fraction of sp³-hybridized carbons (Fsp3) is 0.929. The third-order valence-corrected chi connectivity index (χ3v) is 4.60. The maximum atomic E-state index is 12.3. The molecule has 0 aromatic carbocycles. The normalized spacial score (nSPS) is 40.7. The monoisotopic (exact) mass is 254 g/mol. The number of rotatable bonds is 3. The van der Waals surface area contributed by atoms with E-state index in [-0.39, 0.29) is 24.1 Å². The Morgan fingerprint density at radius 1 is 1.44 bits per heavy atom. The minimum Gasteiger partial charge on any atom is -0.394 e. The van der Waals surface area contributed by atoms with Crippen molar-refractivity contribution in [3.63, 3.8) is 0 Å². The van der Waals surface area contributed by atoms with E-state index in [9.17, 15) is 9.90 Å². The quantitative estimate of drug-likeness (QED) is 0.705. The van der Waals surface area contributed by atoms with Gasteiger partial charge in [0, 0.05) is 0 Å². The summed E-state index contributed by atoms with van der Waals surface area (Å²) in [6.07, 6.45) is 5.16. The Balaban J connectivity index is 1.99. The van der Waals surface area contributed by atoms with Gasteiger partial charge in [-0.15, -0.1) is 0 Å². The molecule has 1 aliphatic heterocycles. The van der Waals surface area contributed by atoms with Crippen molar-refractivity contribution < 1.29 is 9.90 Å². The van der Waals surface area contributed by atoms with Crippen LogP contribution in [0.1, 0.15) is 46.0 Å². The van der Waals surface area contributed by atoms with Crippen molar-refractivity contribution in [1.29, 1.82) is 0 Å². The van der Waals surface area contributed by atoms with Crippen LogP contribution in [0.2, 0.25) is 0 Å². The Morgan fingerprint density at radius 2 is 2.22 bits per heavy atom. The van der Waals surface area contributed by atoms with Crippen molar-refractivity contribution >= 4 is 5.91 Å². The van der Waals surface area contributed by atoms with Gasteiger partial charge in [0.25, 0.3) is 0 Å². The zero-order chi connectivity index (χ0) is 13.2. The number of aliphatic hydroxyl groups excluding tert-OH is 1. The summed E-state index contributed by atoms with van der Waals surface area (Å²) in [5, 5.41) is 16.1. The Kier molecular flexibility index (Phi) is 4.28. The Labute approximate surface area is 110 Å². The SMILES string of the molecule is CC1CCCC(CO)(NC(=O)C2NCCC2C)C1. The van der Waals surface area contributed by atoms with E-state index in [2.05, 4.69) is 24.5 Å². The van der Waals surface area contributed by atoms with E-state index in [1.54, 1.807) is 0 Å². The summed E-state index contributed by atoms with van der Waals surface area (Å²) in [4.78, 5) is 12.3. The van der Waals surface area contributed by atoms with Crippen LogP contribution in [0.25, 0.3) is 0 Å². The lowest BCUT2D eigenvalue weighted by Crippen LogP contribution is -2.58. The topological polar surface area (TPSA) is 61.4 Å². The molecule has 1 saturated heterocycles. The van der Waals surface area contributed by atoms with Gasteiger partial charge in [0.15, 0.2) is 0 Å². The van der Waals surface area contributed by atoms with Gasteiger partial charge in [-0.3, -0.25) is 4.79 Å². The number of hydrogen-bond acceptors (Lipinski definition) is 3. The predicted octanol–water partition coefficient (Wildman–Crippen LogP) is 1.04. The summed E-state index contributed by atoms with van der Waals surface area (Å²) in [6, 6.07) is -0.0781. The van der Waals surface area contributed by atoms with Crippen LogP contribution >= 0.6 is 0 Å². The first-order valence-corrected chi connectivity index (χ1v) is 7.22. The van der Waals surface area contributed by atoms with Crippen LogP contribution < -0.4 is 10.6 Å². The van der Waals surface area contributed by atoms with Crippen molar-refractivity contribution in [3.8, 4) is 0 Å². The molecule has 1 amide bonds. The first-order valence-electron chi connectivity index (χ1n) is 7.22. The predicted molar refractivity (Wildman–Crippen MR) is 71.2 cm³/mol. The maximum absolute atomic E-state index is 12.3. The molecule has 0 bridgehead atoms. The lowest BCUT2D eigenvalue weighted by atomic mass is 9.76. The second-order valence-corrected chi connectivity index (χ2v) is 6.33. The zero-order valence-electron chi connectivity index (χ0n) is 11.5. The van der Waals surface area contributed by atoms with Gasteiger partial charge in [-0.1, -0.05) is 26.7 Å². The second-order valence-electron chi connectivity index (χ2n) is 6.33. The number of nitrogens with one attached hydrogen (secondary N) is 2. The molecule has 0 spiro atoms. The molecular weight excluding hydrogens is 228 g/mol. The summed E-state index contributed by atoms with van der Waals surface area (Å²) in [5.41, 5.74) is -0.376. The summed E-state index contributed by atoms with van der Waals surface area (Å²) in [7, 11) is 0. The van der Waals surface area contributed by atoms with Crippen molar-refractivity contribution in [2.24, 2.45) is 11.8 Å². The smallest absolute Gasteiger partial charge is 0.237 e. The molecule has 2 rings (SSSR count). The van der Waals surface area contributed by atoms with Crippen LogP contribution in [-0.2, 0) is 4.79 Å². The van der Waals surface area contributed by atoms with Crippen molar-refractivity contribution in [2.45, 2.75) is 57.5 Å². The Bertz CT molecular complexity index is 308. The van der Waals surface area contributed by atoms with E-state index in [1.807, 2.05) is 0 Å². The van der Waals surface area contributed by atoms with Crippen LogP contribution in [0.15, 0.2) is 0 Å². The van der Waals surface area contributed by atoms with Crippen LogP contribution in [0, 0.1) is 11.8 Å². The average Bonchev–Trinajstić information content (AvgIpc) is 2.75. The molecular formula is C14H26N2O2. The standard InChI is InChI=1S/C14H26N2O2/c1-10-4-3-6-14(8-10,9-17)16-13(18)12-11(2)5-7-15-12/h10-12,15,17H,3-9H2,1-2H3,(H,16,18). The van der Waals surface area contributed by atoms with Crippen LogP contribution in [-0.4, -0.2) is 35.7 Å². The van der Waals surface area contributed by atoms with Gasteiger partial charge in [0.1, 0.15) is 0 Å². The van der Waals surface area contributed by atoms with E-state index < -0.39 is 0 Å². The Morgan fingerprint density at radius 3 is 2.78 bits per heavy atom. The van der Waals surface area contributed by atoms with Crippen LogP contribution in [0.5, 0.6) is 0 Å². The van der Waals surface area contributed by atoms with Gasteiger partial charge in [-0.25, -0.2) is 0 Å². The lowest BCUT2D eigenvalue weighted by molar-refractivity contribution is -0.127. The molecule has 4 atom stereocenters. The summed E-state index contributed by atoms with van der Waals surface area (Å²) in [5.74, 6) is 1.05. The molecule has 0 aromatic heterocycles. The first-order chi connectivity index (χ1) is 8.56. The highest BCUT2D eigenvalue weighted by atomic mass is 16.3. The van der Waals surface area contributed by atoms with Gasteiger partial charge in [0.2, 0.25) is 5.91 Å². The fourth-order valence-corrected chi connectivity index (χ4v) is 3.48. The lowest BCUT2D eigenvalue weighted by Gasteiger charge is -2.40. The molecule has 18 heavy (non-hydrogen) atoms. The number of hydrogen-bond donors (Lipinski definition) is 3. The largest absolute Gasteiger partial charge is 0.394 e. The number of aliphatic hydroxyl groups is 1. The van der Waals surface area contributed by atoms with E-state index in [4.69, 9.17) is 0 Å². The van der Waals surface area contributed by atoms with E-state index in [1.165, 1.54) is 6.42 Å². The van der Waals surface area contributed by atoms with E-state index in [0.717, 1.165) is 32.2 Å². The molecule has 1 saturated carbocycles. The van der Waals surface area contributed by atoms with Gasteiger partial charge in [0.05, 0.1) is 18.2 Å². The van der Waals surface area contributed by atoms with Crippen LogP contribution in [0.4, 0.5) is 0 Å². The molecule has 4 nitrogen and oxygen atoms in total. The number of amides is 1. The zero-order valence-corrected chi connectivity index (χ0v) is 11.5. The van der Waals surface area contributed by atoms with Gasteiger partial charge in [-0.05, 0) is 37.6 Å². The molecule has 4 heteroatoms. The molecule has 2 fully saturated rings. The molecule has 1 aliphatic carbocycles. The van der Waals surface area contributed by atoms with Crippen molar-refractivity contribution in [2.75, 3.05) is 13.2 Å². The first kappa shape index (κ1) is 13.8. The third-order valence-electron chi connectivity index (χ3n) is 4.60. The molecule has 3 N–H and O–H groups in total. The molecule has 4 unspecified atom stereocenters. The number of carbonyl (C=O) groups excluding carboxylic acids is 1. The molecule has 2 aliphatic rings. The minimum absolute atomic E-state index is 0.0597. The third kappa shape index (κ3) is 2.86.